The summed E-state index contributed by atoms with van der Waals surface area (Å²) in [5, 5.41) is 0.459. The summed E-state index contributed by atoms with van der Waals surface area (Å²) in [4.78, 5) is 22.4. The predicted octanol–water partition coefficient (Wildman–Crippen LogP) is 1.80. The first-order valence-electron chi connectivity index (χ1n) is 6.60. The zero-order valence-corrected chi connectivity index (χ0v) is 12.2. The van der Waals surface area contributed by atoms with E-state index >= 15 is 0 Å². The van der Waals surface area contributed by atoms with E-state index in [0.29, 0.717) is 10.8 Å². The Morgan fingerprint density at radius 1 is 1.42 bits per heavy atom. The van der Waals surface area contributed by atoms with E-state index in [4.69, 9.17) is 5.73 Å². The van der Waals surface area contributed by atoms with Gasteiger partial charge in [-0.05, 0) is 25.7 Å². The lowest BCUT2D eigenvalue weighted by atomic mass is 9.99. The zero-order valence-electron chi connectivity index (χ0n) is 11.4. The Morgan fingerprint density at radius 3 is 2.68 bits per heavy atom. The van der Waals surface area contributed by atoms with E-state index in [0.717, 1.165) is 31.8 Å². The lowest BCUT2D eigenvalue weighted by molar-refractivity contribution is -0.131. The molecular weight excluding hydrogens is 260 g/mol. The number of aromatic nitrogens is 2. The Bertz CT molecular complexity index is 446. The molecule has 2 N–H and O–H groups in total. The van der Waals surface area contributed by atoms with Gasteiger partial charge in [0.1, 0.15) is 5.03 Å². The highest BCUT2D eigenvalue weighted by Crippen LogP contribution is 2.27. The van der Waals surface area contributed by atoms with Crippen LogP contribution in [0.3, 0.4) is 0 Å². The summed E-state index contributed by atoms with van der Waals surface area (Å²) in [5.74, 6) is 1.28. The summed E-state index contributed by atoms with van der Waals surface area (Å²) < 4.78 is 0. The molecule has 1 aliphatic heterocycles. The van der Waals surface area contributed by atoms with E-state index in [2.05, 4.69) is 16.9 Å². The Morgan fingerprint density at radius 2 is 2.05 bits per heavy atom. The number of hydrogen-bond donors (Lipinski definition) is 1. The van der Waals surface area contributed by atoms with Gasteiger partial charge in [0.15, 0.2) is 5.82 Å². The SMILES string of the molecule is CC1CCN(C(=O)C(C)Sc2nccnc2N)CC1. The van der Waals surface area contributed by atoms with Crippen LogP contribution in [0, 0.1) is 5.92 Å². The van der Waals surface area contributed by atoms with Gasteiger partial charge in [-0.15, -0.1) is 0 Å². The fraction of sp³-hybridized carbons (Fsp3) is 0.615. The smallest absolute Gasteiger partial charge is 0.235 e. The number of piperidine rings is 1. The molecule has 1 aromatic rings. The summed E-state index contributed by atoms with van der Waals surface area (Å²) in [6.45, 7) is 5.86. The highest BCUT2D eigenvalue weighted by Gasteiger charge is 2.25. The third-order valence-electron chi connectivity index (χ3n) is 3.42. The van der Waals surface area contributed by atoms with Gasteiger partial charge in [-0.2, -0.15) is 0 Å². The van der Waals surface area contributed by atoms with Crippen LogP contribution >= 0.6 is 11.8 Å². The summed E-state index contributed by atoms with van der Waals surface area (Å²) >= 11 is 1.38. The number of nitrogens with zero attached hydrogens (tertiary/aromatic N) is 3. The van der Waals surface area contributed by atoms with Crippen molar-refractivity contribution in [2.24, 2.45) is 5.92 Å². The van der Waals surface area contributed by atoms with Gasteiger partial charge in [-0.3, -0.25) is 4.79 Å². The van der Waals surface area contributed by atoms with Gasteiger partial charge < -0.3 is 10.6 Å². The van der Waals surface area contributed by atoms with Gasteiger partial charge in [0.2, 0.25) is 5.91 Å². The second kappa shape index (κ2) is 6.23. The first-order chi connectivity index (χ1) is 9.08. The van der Waals surface area contributed by atoms with Crippen molar-refractivity contribution < 1.29 is 4.79 Å². The van der Waals surface area contributed by atoms with Crippen LogP contribution in [0.15, 0.2) is 17.4 Å². The van der Waals surface area contributed by atoms with Crippen molar-refractivity contribution in [2.75, 3.05) is 18.8 Å². The molecule has 0 radical (unpaired) electrons. The van der Waals surface area contributed by atoms with Gasteiger partial charge in [-0.1, -0.05) is 18.7 Å². The van der Waals surface area contributed by atoms with Crippen molar-refractivity contribution in [2.45, 2.75) is 37.0 Å². The number of nitrogen functional groups attached to an aromatic ring is 1. The maximum Gasteiger partial charge on any atom is 0.235 e. The quantitative estimate of drug-likeness (QED) is 0.855. The highest BCUT2D eigenvalue weighted by atomic mass is 32.2. The monoisotopic (exact) mass is 280 g/mol. The van der Waals surface area contributed by atoms with E-state index in [-0.39, 0.29) is 11.2 Å². The largest absolute Gasteiger partial charge is 0.381 e. The van der Waals surface area contributed by atoms with Gasteiger partial charge >= 0.3 is 0 Å². The lowest BCUT2D eigenvalue weighted by Crippen LogP contribution is -2.41. The molecule has 2 rings (SSSR count). The Kier molecular flexibility index (Phi) is 4.63. The van der Waals surface area contributed by atoms with Gasteiger partial charge in [0, 0.05) is 25.5 Å². The Labute approximate surface area is 118 Å². The number of rotatable bonds is 3. The minimum atomic E-state index is -0.174. The average Bonchev–Trinajstić information content (AvgIpc) is 2.41. The number of anilines is 1. The molecule has 6 heteroatoms. The fourth-order valence-corrected chi connectivity index (χ4v) is 3.01. The number of carbonyl (C=O) groups excluding carboxylic acids is 1. The minimum absolute atomic E-state index is 0.168. The van der Waals surface area contributed by atoms with Gasteiger partial charge in [0.25, 0.3) is 0 Å². The highest BCUT2D eigenvalue weighted by molar-refractivity contribution is 8.00. The molecule has 1 atom stereocenters. The molecule has 104 valence electrons. The first-order valence-corrected chi connectivity index (χ1v) is 7.48. The summed E-state index contributed by atoms with van der Waals surface area (Å²) in [5.41, 5.74) is 5.75. The molecule has 1 fully saturated rings. The van der Waals surface area contributed by atoms with E-state index in [9.17, 15) is 4.79 Å². The summed E-state index contributed by atoms with van der Waals surface area (Å²) in [6, 6.07) is 0. The lowest BCUT2D eigenvalue weighted by Gasteiger charge is -2.32. The standard InChI is InChI=1S/C13H20N4OS/c1-9-3-7-17(8-4-9)13(18)10(2)19-12-11(14)15-5-6-16-12/h5-6,9-10H,3-4,7-8H2,1-2H3,(H2,14,15). The molecule has 0 saturated carbocycles. The van der Waals surface area contributed by atoms with E-state index in [1.54, 1.807) is 12.4 Å². The van der Waals surface area contributed by atoms with Crippen molar-refractivity contribution in [3.63, 3.8) is 0 Å². The van der Waals surface area contributed by atoms with Crippen LogP contribution in [0.4, 0.5) is 5.82 Å². The van der Waals surface area contributed by atoms with Crippen molar-refractivity contribution in [1.82, 2.24) is 14.9 Å². The number of amides is 1. The topological polar surface area (TPSA) is 72.1 Å². The molecule has 1 aromatic heterocycles. The normalized spacial score (nSPS) is 18.3. The second-order valence-corrected chi connectivity index (χ2v) is 6.34. The van der Waals surface area contributed by atoms with Crippen LogP contribution in [0.25, 0.3) is 0 Å². The molecule has 0 aliphatic carbocycles. The molecular formula is C13H20N4OS. The third kappa shape index (κ3) is 3.59. The molecule has 0 spiro atoms. The molecule has 2 heterocycles. The summed E-state index contributed by atoms with van der Waals surface area (Å²) in [6.07, 6.45) is 5.34. The van der Waals surface area contributed by atoms with Crippen LogP contribution in [-0.2, 0) is 4.79 Å². The Hall–Kier alpha value is -1.30. The fourth-order valence-electron chi connectivity index (χ4n) is 2.13. The molecule has 1 saturated heterocycles. The van der Waals surface area contributed by atoms with Crippen molar-refractivity contribution >= 4 is 23.5 Å². The van der Waals surface area contributed by atoms with Crippen LogP contribution in [0.5, 0.6) is 0 Å². The maximum absolute atomic E-state index is 12.3. The average molecular weight is 280 g/mol. The molecule has 5 nitrogen and oxygen atoms in total. The van der Waals surface area contributed by atoms with Gasteiger partial charge in [-0.25, -0.2) is 9.97 Å². The number of thioether (sulfide) groups is 1. The number of nitrogens with two attached hydrogens (primary N) is 1. The van der Waals surface area contributed by atoms with Gasteiger partial charge in [0.05, 0.1) is 5.25 Å². The molecule has 0 aromatic carbocycles. The molecule has 19 heavy (non-hydrogen) atoms. The molecule has 0 bridgehead atoms. The number of likely N-dealkylation sites (tertiary alicyclic amines) is 1. The van der Waals surface area contributed by atoms with Crippen molar-refractivity contribution in [3.8, 4) is 0 Å². The summed E-state index contributed by atoms with van der Waals surface area (Å²) in [7, 11) is 0. The zero-order chi connectivity index (χ0) is 13.8. The van der Waals surface area contributed by atoms with E-state index in [1.165, 1.54) is 11.8 Å². The van der Waals surface area contributed by atoms with Crippen LogP contribution in [-0.4, -0.2) is 39.1 Å². The maximum atomic E-state index is 12.3. The van der Waals surface area contributed by atoms with Crippen molar-refractivity contribution in [3.05, 3.63) is 12.4 Å². The number of carbonyl (C=O) groups is 1. The third-order valence-corrected chi connectivity index (χ3v) is 4.52. The second-order valence-electron chi connectivity index (χ2n) is 5.01. The predicted molar refractivity (Wildman–Crippen MR) is 76.7 cm³/mol. The van der Waals surface area contributed by atoms with Crippen LogP contribution in [0.1, 0.15) is 26.7 Å². The van der Waals surface area contributed by atoms with E-state index in [1.807, 2.05) is 11.8 Å². The molecule has 1 unspecified atom stereocenters. The molecule has 1 amide bonds. The van der Waals surface area contributed by atoms with Crippen molar-refractivity contribution in [1.29, 1.82) is 0 Å². The first kappa shape index (κ1) is 14.1. The van der Waals surface area contributed by atoms with E-state index < -0.39 is 0 Å². The number of hydrogen-bond acceptors (Lipinski definition) is 5. The molecule has 1 aliphatic rings. The minimum Gasteiger partial charge on any atom is -0.381 e. The van der Waals surface area contributed by atoms with Crippen LogP contribution < -0.4 is 5.73 Å². The Balaban J connectivity index is 1.94. The van der Waals surface area contributed by atoms with Crippen LogP contribution in [0.2, 0.25) is 0 Å².